The molecule has 0 radical (unpaired) electrons. The fraction of sp³-hybridized carbons (Fsp3) is 0.471. The van der Waals surface area contributed by atoms with E-state index in [1.165, 1.54) is 5.56 Å². The highest BCUT2D eigenvalue weighted by Gasteiger charge is 2.26. The van der Waals surface area contributed by atoms with Crippen LogP contribution in [0.3, 0.4) is 0 Å². The standard InChI is InChI=1S/C17H22N6/c1-11-6-13(3)23-17(21-11)15(8-19-23)10-22-5-4-14(9-22)16-18-7-12(2)20-16/h6-8,14H,4-5,9-10H2,1-3H3,(H,18,20)/t14-/m0/s1. The van der Waals surface area contributed by atoms with Gasteiger partial charge >= 0.3 is 0 Å². The zero-order chi connectivity index (χ0) is 16.0. The maximum absolute atomic E-state index is 4.67. The van der Waals surface area contributed by atoms with Crippen LogP contribution >= 0.6 is 0 Å². The van der Waals surface area contributed by atoms with Gasteiger partial charge in [-0.15, -0.1) is 0 Å². The number of H-pyrrole nitrogens is 1. The smallest absolute Gasteiger partial charge is 0.159 e. The number of aryl methyl sites for hydroxylation is 3. The topological polar surface area (TPSA) is 62.1 Å². The predicted molar refractivity (Wildman–Crippen MR) is 88.4 cm³/mol. The van der Waals surface area contributed by atoms with E-state index in [-0.39, 0.29) is 0 Å². The Morgan fingerprint density at radius 1 is 1.26 bits per heavy atom. The highest BCUT2D eigenvalue weighted by molar-refractivity contribution is 5.47. The van der Waals surface area contributed by atoms with E-state index in [4.69, 9.17) is 0 Å². The minimum Gasteiger partial charge on any atom is -0.346 e. The van der Waals surface area contributed by atoms with Crippen LogP contribution < -0.4 is 0 Å². The van der Waals surface area contributed by atoms with E-state index in [2.05, 4.69) is 44.9 Å². The summed E-state index contributed by atoms with van der Waals surface area (Å²) in [5.74, 6) is 1.62. The Hall–Kier alpha value is -2.21. The molecule has 0 unspecified atom stereocenters. The van der Waals surface area contributed by atoms with E-state index in [0.29, 0.717) is 5.92 Å². The normalized spacial score (nSPS) is 19.0. The van der Waals surface area contributed by atoms with Gasteiger partial charge in [-0.3, -0.25) is 4.90 Å². The van der Waals surface area contributed by atoms with Crippen LogP contribution in [0.2, 0.25) is 0 Å². The summed E-state index contributed by atoms with van der Waals surface area (Å²) in [6, 6.07) is 2.06. The first kappa shape index (κ1) is 14.4. The van der Waals surface area contributed by atoms with Gasteiger partial charge in [0.2, 0.25) is 0 Å². The second-order valence-corrected chi connectivity index (χ2v) is 6.62. The summed E-state index contributed by atoms with van der Waals surface area (Å²) in [5, 5.41) is 4.49. The first-order chi connectivity index (χ1) is 11.1. The number of nitrogens with zero attached hydrogens (tertiary/aromatic N) is 5. The fourth-order valence-electron chi connectivity index (χ4n) is 3.51. The quantitative estimate of drug-likeness (QED) is 0.807. The van der Waals surface area contributed by atoms with Crippen molar-refractivity contribution in [2.24, 2.45) is 0 Å². The number of rotatable bonds is 3. The van der Waals surface area contributed by atoms with Crippen molar-refractivity contribution >= 4 is 5.65 Å². The molecule has 0 aromatic carbocycles. The molecular formula is C17H22N6. The lowest BCUT2D eigenvalue weighted by Gasteiger charge is -2.14. The lowest BCUT2D eigenvalue weighted by molar-refractivity contribution is 0.327. The maximum atomic E-state index is 4.67. The van der Waals surface area contributed by atoms with E-state index in [0.717, 1.165) is 54.6 Å². The van der Waals surface area contributed by atoms with Crippen molar-refractivity contribution in [3.63, 3.8) is 0 Å². The molecule has 0 saturated carbocycles. The Morgan fingerprint density at radius 2 is 2.13 bits per heavy atom. The molecule has 23 heavy (non-hydrogen) atoms. The number of aromatic nitrogens is 5. The lowest BCUT2D eigenvalue weighted by atomic mass is 10.1. The van der Waals surface area contributed by atoms with Gasteiger partial charge in [0.1, 0.15) is 5.82 Å². The molecule has 120 valence electrons. The van der Waals surface area contributed by atoms with Crippen molar-refractivity contribution in [1.82, 2.24) is 29.5 Å². The molecule has 1 atom stereocenters. The van der Waals surface area contributed by atoms with Crippen LogP contribution in [0.5, 0.6) is 0 Å². The van der Waals surface area contributed by atoms with Crippen LogP contribution in [-0.2, 0) is 6.54 Å². The first-order valence-corrected chi connectivity index (χ1v) is 8.15. The summed E-state index contributed by atoms with van der Waals surface area (Å²) in [6.07, 6.45) is 5.02. The summed E-state index contributed by atoms with van der Waals surface area (Å²) < 4.78 is 1.94. The monoisotopic (exact) mass is 310 g/mol. The average Bonchev–Trinajstić information content (AvgIpc) is 3.20. The SMILES string of the molecule is Cc1cc(C)n2ncc(CN3CC[C@H](c4ncc(C)[nH]4)C3)c2n1. The molecule has 4 heterocycles. The molecule has 0 spiro atoms. The molecule has 1 fully saturated rings. The minimum atomic E-state index is 0.502. The van der Waals surface area contributed by atoms with E-state index in [1.807, 2.05) is 23.8 Å². The second-order valence-electron chi connectivity index (χ2n) is 6.62. The van der Waals surface area contributed by atoms with E-state index in [1.54, 1.807) is 0 Å². The summed E-state index contributed by atoms with van der Waals surface area (Å²) in [5.41, 5.74) is 5.50. The van der Waals surface area contributed by atoms with Gasteiger partial charge in [-0.1, -0.05) is 0 Å². The molecule has 1 N–H and O–H groups in total. The van der Waals surface area contributed by atoms with Gasteiger partial charge in [0.15, 0.2) is 5.65 Å². The summed E-state index contributed by atoms with van der Waals surface area (Å²) in [4.78, 5) is 15.0. The number of hydrogen-bond acceptors (Lipinski definition) is 4. The number of aromatic amines is 1. The van der Waals surface area contributed by atoms with Crippen molar-refractivity contribution < 1.29 is 0 Å². The largest absolute Gasteiger partial charge is 0.346 e. The third-order valence-corrected chi connectivity index (χ3v) is 4.63. The van der Waals surface area contributed by atoms with Gasteiger partial charge in [-0.25, -0.2) is 14.5 Å². The van der Waals surface area contributed by atoms with E-state index < -0.39 is 0 Å². The predicted octanol–water partition coefficient (Wildman–Crippen LogP) is 2.37. The van der Waals surface area contributed by atoms with Crippen molar-refractivity contribution in [2.75, 3.05) is 13.1 Å². The van der Waals surface area contributed by atoms with Crippen molar-refractivity contribution in [1.29, 1.82) is 0 Å². The highest BCUT2D eigenvalue weighted by Crippen LogP contribution is 2.27. The lowest BCUT2D eigenvalue weighted by Crippen LogP contribution is -2.20. The maximum Gasteiger partial charge on any atom is 0.159 e. The number of nitrogens with one attached hydrogen (secondary N) is 1. The number of likely N-dealkylation sites (tertiary alicyclic amines) is 1. The van der Waals surface area contributed by atoms with Crippen molar-refractivity contribution in [2.45, 2.75) is 39.7 Å². The van der Waals surface area contributed by atoms with E-state index in [9.17, 15) is 0 Å². The summed E-state index contributed by atoms with van der Waals surface area (Å²) in [7, 11) is 0. The number of hydrogen-bond donors (Lipinski definition) is 1. The van der Waals surface area contributed by atoms with Crippen LogP contribution in [0.25, 0.3) is 5.65 Å². The van der Waals surface area contributed by atoms with E-state index >= 15 is 0 Å². The van der Waals surface area contributed by atoms with Gasteiger partial charge < -0.3 is 4.98 Å². The van der Waals surface area contributed by atoms with Crippen molar-refractivity contribution in [3.8, 4) is 0 Å². The molecule has 6 nitrogen and oxygen atoms in total. The Balaban J connectivity index is 1.53. The average molecular weight is 310 g/mol. The fourth-order valence-corrected chi connectivity index (χ4v) is 3.51. The molecule has 3 aromatic heterocycles. The molecule has 1 aliphatic rings. The molecule has 1 aliphatic heterocycles. The molecule has 0 aliphatic carbocycles. The Morgan fingerprint density at radius 3 is 2.91 bits per heavy atom. The molecule has 0 amide bonds. The molecule has 6 heteroatoms. The third-order valence-electron chi connectivity index (χ3n) is 4.63. The van der Waals surface area contributed by atoms with Crippen molar-refractivity contribution in [3.05, 3.63) is 46.9 Å². The Bertz CT molecular complexity index is 846. The Labute approximate surface area is 135 Å². The van der Waals surface area contributed by atoms with Gasteiger partial charge in [-0.05, 0) is 39.8 Å². The molecule has 4 rings (SSSR count). The van der Waals surface area contributed by atoms with Gasteiger partial charge in [0.25, 0.3) is 0 Å². The minimum absolute atomic E-state index is 0.502. The number of imidazole rings is 1. The van der Waals surface area contributed by atoms with Gasteiger partial charge in [0.05, 0.1) is 6.20 Å². The first-order valence-electron chi connectivity index (χ1n) is 8.15. The summed E-state index contributed by atoms with van der Waals surface area (Å²) >= 11 is 0. The molecule has 0 bridgehead atoms. The molecule has 1 saturated heterocycles. The van der Waals surface area contributed by atoms with Crippen LogP contribution in [-0.4, -0.2) is 42.6 Å². The van der Waals surface area contributed by atoms with Crippen LogP contribution in [0.1, 0.15) is 40.8 Å². The molecular weight excluding hydrogens is 288 g/mol. The Kier molecular flexibility index (Phi) is 3.41. The third kappa shape index (κ3) is 2.63. The van der Waals surface area contributed by atoms with Crippen LogP contribution in [0, 0.1) is 20.8 Å². The zero-order valence-electron chi connectivity index (χ0n) is 13.9. The van der Waals surface area contributed by atoms with Gasteiger partial charge in [-0.2, -0.15) is 5.10 Å². The second kappa shape index (κ2) is 5.45. The zero-order valence-corrected chi connectivity index (χ0v) is 13.9. The van der Waals surface area contributed by atoms with Crippen LogP contribution in [0.15, 0.2) is 18.5 Å². The van der Waals surface area contributed by atoms with Crippen LogP contribution in [0.4, 0.5) is 0 Å². The highest BCUT2D eigenvalue weighted by atomic mass is 15.3. The molecule has 3 aromatic rings. The van der Waals surface area contributed by atoms with Gasteiger partial charge in [0, 0.05) is 47.8 Å². The summed E-state index contributed by atoms with van der Waals surface area (Å²) in [6.45, 7) is 9.19. The number of fused-ring (bicyclic) bond motifs is 1.